The Bertz CT molecular complexity index is 620. The number of esters is 1. The fourth-order valence-electron chi connectivity index (χ4n) is 2.53. The van der Waals surface area contributed by atoms with E-state index in [4.69, 9.17) is 9.47 Å². The minimum absolute atomic E-state index is 0.264. The molecule has 1 fully saturated rings. The van der Waals surface area contributed by atoms with Crippen molar-refractivity contribution in [3.63, 3.8) is 0 Å². The minimum atomic E-state index is -0.528. The first kappa shape index (κ1) is 19.7. The lowest BCUT2D eigenvalue weighted by molar-refractivity contribution is 0.00631. The normalized spacial score (nSPS) is 16.6. The van der Waals surface area contributed by atoms with Crippen LogP contribution >= 0.6 is 11.3 Å². The van der Waals surface area contributed by atoms with Crippen LogP contribution < -0.4 is 0 Å². The van der Waals surface area contributed by atoms with Crippen molar-refractivity contribution < 1.29 is 19.1 Å². The van der Waals surface area contributed by atoms with E-state index in [1.165, 1.54) is 11.3 Å². The fraction of sp³-hybridized carbons (Fsp3) is 0.722. The number of hydrogen-bond donors (Lipinski definition) is 0. The Labute approximate surface area is 153 Å². The molecule has 1 aliphatic heterocycles. The molecule has 0 N–H and O–H groups in total. The smallest absolute Gasteiger partial charge is 0.410 e. The minimum Gasteiger partial charge on any atom is -0.455 e. The van der Waals surface area contributed by atoms with Gasteiger partial charge in [-0.25, -0.2) is 14.6 Å². The van der Waals surface area contributed by atoms with Crippen LogP contribution in [-0.4, -0.2) is 46.2 Å². The second-order valence-electron chi connectivity index (χ2n) is 8.31. The van der Waals surface area contributed by atoms with Crippen molar-refractivity contribution in [1.29, 1.82) is 0 Å². The molecule has 0 aliphatic carbocycles. The van der Waals surface area contributed by atoms with Gasteiger partial charge in [0.2, 0.25) is 0 Å². The van der Waals surface area contributed by atoms with Gasteiger partial charge in [-0.15, -0.1) is 11.3 Å². The van der Waals surface area contributed by atoms with E-state index in [0.29, 0.717) is 18.8 Å². The average Bonchev–Trinajstić information content (AvgIpc) is 2.93. The summed E-state index contributed by atoms with van der Waals surface area (Å²) in [5.74, 6) is -0.124. The third kappa shape index (κ3) is 5.99. The van der Waals surface area contributed by atoms with Gasteiger partial charge in [0.25, 0.3) is 0 Å². The van der Waals surface area contributed by atoms with E-state index in [1.807, 2.05) is 41.5 Å². The van der Waals surface area contributed by atoms with Crippen molar-refractivity contribution in [1.82, 2.24) is 9.88 Å². The molecule has 25 heavy (non-hydrogen) atoms. The lowest BCUT2D eigenvalue weighted by Gasteiger charge is -2.32. The third-order valence-corrected chi connectivity index (χ3v) is 4.63. The summed E-state index contributed by atoms with van der Waals surface area (Å²) in [6, 6.07) is 0. The predicted octanol–water partition coefficient (Wildman–Crippen LogP) is 4.21. The van der Waals surface area contributed by atoms with Gasteiger partial charge in [-0.2, -0.15) is 0 Å². The van der Waals surface area contributed by atoms with Gasteiger partial charge in [0.1, 0.15) is 11.2 Å². The molecule has 0 spiro atoms. The van der Waals surface area contributed by atoms with Crippen molar-refractivity contribution in [3.8, 4) is 0 Å². The number of carbonyl (C=O) groups excluding carboxylic acids is 2. The number of aromatic nitrogens is 1. The van der Waals surface area contributed by atoms with Crippen molar-refractivity contribution in [2.45, 2.75) is 71.5 Å². The summed E-state index contributed by atoms with van der Waals surface area (Å²) in [4.78, 5) is 30.4. The number of thiazole rings is 1. The zero-order valence-corrected chi connectivity index (χ0v) is 16.7. The Morgan fingerprint density at radius 1 is 1.08 bits per heavy atom. The van der Waals surface area contributed by atoms with Gasteiger partial charge < -0.3 is 14.4 Å². The van der Waals surface area contributed by atoms with E-state index < -0.39 is 11.2 Å². The van der Waals surface area contributed by atoms with Gasteiger partial charge in [0.15, 0.2) is 5.69 Å². The zero-order valence-electron chi connectivity index (χ0n) is 15.9. The highest BCUT2D eigenvalue weighted by Crippen LogP contribution is 2.31. The Balaban J connectivity index is 1.91. The van der Waals surface area contributed by atoms with Crippen LogP contribution in [0, 0.1) is 0 Å². The fourth-order valence-corrected chi connectivity index (χ4v) is 3.50. The molecular weight excluding hydrogens is 340 g/mol. The molecule has 1 aromatic rings. The molecule has 0 aromatic carbocycles. The van der Waals surface area contributed by atoms with E-state index in [-0.39, 0.29) is 18.0 Å². The molecule has 1 amide bonds. The van der Waals surface area contributed by atoms with Crippen LogP contribution in [0.15, 0.2) is 5.38 Å². The first-order valence-corrected chi connectivity index (χ1v) is 9.49. The molecule has 0 bridgehead atoms. The largest absolute Gasteiger partial charge is 0.455 e. The lowest BCUT2D eigenvalue weighted by Crippen LogP contribution is -2.41. The van der Waals surface area contributed by atoms with Gasteiger partial charge in [-0.05, 0) is 54.4 Å². The van der Waals surface area contributed by atoms with Crippen LogP contribution in [0.25, 0.3) is 0 Å². The summed E-state index contributed by atoms with van der Waals surface area (Å²) in [6.45, 7) is 12.4. The Hall–Kier alpha value is -1.63. The number of amides is 1. The number of piperidine rings is 1. The Morgan fingerprint density at radius 3 is 2.16 bits per heavy atom. The van der Waals surface area contributed by atoms with E-state index in [1.54, 1.807) is 10.3 Å². The first-order valence-electron chi connectivity index (χ1n) is 8.61. The summed E-state index contributed by atoms with van der Waals surface area (Å²) in [5, 5.41) is 2.69. The molecule has 6 nitrogen and oxygen atoms in total. The molecule has 0 saturated carbocycles. The highest BCUT2D eigenvalue weighted by Gasteiger charge is 2.29. The van der Waals surface area contributed by atoms with Crippen molar-refractivity contribution in [2.24, 2.45) is 0 Å². The molecule has 1 aromatic heterocycles. The number of nitrogens with zero attached hydrogens (tertiary/aromatic N) is 2. The van der Waals surface area contributed by atoms with Crippen LogP contribution in [-0.2, 0) is 9.47 Å². The maximum absolute atomic E-state index is 12.1. The van der Waals surface area contributed by atoms with Crippen LogP contribution in [0.3, 0.4) is 0 Å². The van der Waals surface area contributed by atoms with Crippen molar-refractivity contribution in [3.05, 3.63) is 16.1 Å². The zero-order chi connectivity index (χ0) is 18.8. The first-order chi connectivity index (χ1) is 11.4. The maximum atomic E-state index is 12.1. The molecule has 0 unspecified atom stereocenters. The summed E-state index contributed by atoms with van der Waals surface area (Å²) in [5.41, 5.74) is -0.643. The summed E-state index contributed by atoms with van der Waals surface area (Å²) >= 11 is 1.48. The van der Waals surface area contributed by atoms with Crippen LogP contribution in [0.2, 0.25) is 0 Å². The molecule has 2 heterocycles. The Morgan fingerprint density at radius 2 is 1.64 bits per heavy atom. The van der Waals surface area contributed by atoms with E-state index in [9.17, 15) is 9.59 Å². The number of carbonyl (C=O) groups is 2. The summed E-state index contributed by atoms with van der Waals surface area (Å²) in [7, 11) is 0. The highest BCUT2D eigenvalue weighted by atomic mass is 32.1. The molecule has 0 atom stereocenters. The van der Waals surface area contributed by atoms with Crippen molar-refractivity contribution >= 4 is 23.4 Å². The van der Waals surface area contributed by atoms with Crippen LogP contribution in [0.5, 0.6) is 0 Å². The standard InChI is InChI=1S/C18H28N2O4S/c1-17(2,3)23-15(21)13-11-25-14(19-13)12-7-9-20(10-8-12)16(22)24-18(4,5)6/h11-12H,7-10H2,1-6H3. The second-order valence-corrected chi connectivity index (χ2v) is 9.20. The number of hydrogen-bond acceptors (Lipinski definition) is 6. The molecule has 2 rings (SSSR count). The topological polar surface area (TPSA) is 68.7 Å². The monoisotopic (exact) mass is 368 g/mol. The molecular formula is C18H28N2O4S. The predicted molar refractivity (Wildman–Crippen MR) is 97.1 cm³/mol. The lowest BCUT2D eigenvalue weighted by atomic mass is 9.98. The summed E-state index contributed by atoms with van der Waals surface area (Å²) < 4.78 is 10.8. The van der Waals surface area contributed by atoms with Crippen molar-refractivity contribution in [2.75, 3.05) is 13.1 Å². The average molecular weight is 368 g/mol. The van der Waals surface area contributed by atoms with Gasteiger partial charge >= 0.3 is 12.1 Å². The number of likely N-dealkylation sites (tertiary alicyclic amines) is 1. The molecule has 1 saturated heterocycles. The summed E-state index contributed by atoms with van der Waals surface area (Å²) in [6.07, 6.45) is 1.38. The van der Waals surface area contributed by atoms with Gasteiger partial charge in [0, 0.05) is 24.4 Å². The third-order valence-electron chi connectivity index (χ3n) is 3.63. The SMILES string of the molecule is CC(C)(C)OC(=O)c1csc(C2CCN(C(=O)OC(C)(C)C)CC2)n1. The van der Waals surface area contributed by atoms with Gasteiger partial charge in [-0.1, -0.05) is 0 Å². The quantitative estimate of drug-likeness (QED) is 0.731. The second kappa shape index (κ2) is 7.32. The highest BCUT2D eigenvalue weighted by molar-refractivity contribution is 7.09. The van der Waals surface area contributed by atoms with E-state index in [0.717, 1.165) is 17.8 Å². The van der Waals surface area contributed by atoms with E-state index >= 15 is 0 Å². The van der Waals surface area contributed by atoms with E-state index in [2.05, 4.69) is 4.98 Å². The van der Waals surface area contributed by atoms with Crippen LogP contribution in [0.4, 0.5) is 4.79 Å². The molecule has 0 radical (unpaired) electrons. The maximum Gasteiger partial charge on any atom is 0.410 e. The van der Waals surface area contributed by atoms with Gasteiger partial charge in [0.05, 0.1) is 5.01 Å². The van der Waals surface area contributed by atoms with Crippen LogP contribution in [0.1, 0.15) is 75.8 Å². The molecule has 7 heteroatoms. The molecule has 1 aliphatic rings. The number of rotatable bonds is 2. The molecule has 140 valence electrons. The number of ether oxygens (including phenoxy) is 2. The van der Waals surface area contributed by atoms with Gasteiger partial charge in [-0.3, -0.25) is 0 Å². The Kier molecular flexibility index (Phi) is 5.76.